The minimum atomic E-state index is -1.49. The average Bonchev–Trinajstić information content (AvgIpc) is 3.10. The van der Waals surface area contributed by atoms with Crippen LogP contribution in [0.3, 0.4) is 0 Å². The summed E-state index contributed by atoms with van der Waals surface area (Å²) in [6, 6.07) is 2.28. The van der Waals surface area contributed by atoms with Gasteiger partial charge in [-0.15, -0.1) is 0 Å². The fraction of sp³-hybridized carbons (Fsp3) is 0.308. The number of nitrogens with one attached hydrogen (secondary N) is 1. The molecule has 1 fully saturated rings. The van der Waals surface area contributed by atoms with Crippen LogP contribution in [0.1, 0.15) is 18.5 Å². The largest absolute Gasteiger partial charge is 0.443 e. The lowest BCUT2D eigenvalue weighted by atomic mass is 10.1. The van der Waals surface area contributed by atoms with Crippen LogP contribution in [-0.4, -0.2) is 11.0 Å². The second-order valence-electron chi connectivity index (χ2n) is 4.54. The first-order chi connectivity index (χ1) is 9.15. The van der Waals surface area contributed by atoms with Crippen molar-refractivity contribution in [2.45, 2.75) is 25.4 Å². The monoisotopic (exact) mass is 268 g/mol. The molecule has 19 heavy (non-hydrogen) atoms. The number of halogens is 3. The Hall–Kier alpha value is -1.82. The predicted molar refractivity (Wildman–Crippen MR) is 61.7 cm³/mol. The van der Waals surface area contributed by atoms with Gasteiger partial charge < -0.3 is 9.73 Å². The zero-order valence-electron chi connectivity index (χ0n) is 9.92. The third-order valence-electron chi connectivity index (χ3n) is 3.02. The van der Waals surface area contributed by atoms with Gasteiger partial charge in [0.25, 0.3) is 0 Å². The van der Waals surface area contributed by atoms with E-state index < -0.39 is 17.5 Å². The highest BCUT2D eigenvalue weighted by Crippen LogP contribution is 2.27. The topological polar surface area (TPSA) is 38.1 Å². The maximum Gasteiger partial charge on any atom is 0.194 e. The van der Waals surface area contributed by atoms with Crippen LogP contribution in [0, 0.1) is 17.5 Å². The quantitative estimate of drug-likeness (QED) is 0.866. The number of rotatable bonds is 4. The standard InChI is InChI=1S/C13H11F3N2O/c14-9-3-7(4-10(15)12(9)16)13-11(18-6-19-13)5-17-8-1-2-8/h3-4,6,8,17H,1-2,5H2. The molecule has 3 rings (SSSR count). The van der Waals surface area contributed by atoms with Crippen molar-refractivity contribution < 1.29 is 17.6 Å². The lowest BCUT2D eigenvalue weighted by Gasteiger charge is -2.04. The summed E-state index contributed by atoms with van der Waals surface area (Å²) in [5, 5.41) is 3.23. The van der Waals surface area contributed by atoms with E-state index in [4.69, 9.17) is 4.42 Å². The maximum atomic E-state index is 13.2. The van der Waals surface area contributed by atoms with E-state index in [0.717, 1.165) is 25.0 Å². The maximum absolute atomic E-state index is 13.2. The molecule has 100 valence electrons. The Labute approximate surface area is 107 Å². The van der Waals surface area contributed by atoms with Crippen LogP contribution >= 0.6 is 0 Å². The first kappa shape index (κ1) is 12.2. The molecule has 1 aromatic heterocycles. The highest BCUT2D eigenvalue weighted by atomic mass is 19.2. The van der Waals surface area contributed by atoms with Crippen LogP contribution in [0.4, 0.5) is 13.2 Å². The summed E-state index contributed by atoms with van der Waals surface area (Å²) >= 11 is 0. The van der Waals surface area contributed by atoms with E-state index in [1.165, 1.54) is 6.39 Å². The molecule has 2 aromatic rings. The Bertz CT molecular complexity index is 585. The fourth-order valence-corrected chi connectivity index (χ4v) is 1.84. The molecule has 1 N–H and O–H groups in total. The Kier molecular flexibility index (Phi) is 3.02. The molecule has 0 atom stereocenters. The molecule has 0 amide bonds. The van der Waals surface area contributed by atoms with Crippen LogP contribution in [0.15, 0.2) is 22.9 Å². The van der Waals surface area contributed by atoms with E-state index in [0.29, 0.717) is 18.3 Å². The van der Waals surface area contributed by atoms with Crippen molar-refractivity contribution in [2.75, 3.05) is 0 Å². The first-order valence-corrected chi connectivity index (χ1v) is 5.96. The van der Waals surface area contributed by atoms with Crippen LogP contribution < -0.4 is 5.32 Å². The van der Waals surface area contributed by atoms with Gasteiger partial charge >= 0.3 is 0 Å². The van der Waals surface area contributed by atoms with Crippen molar-refractivity contribution in [3.8, 4) is 11.3 Å². The Balaban J connectivity index is 1.90. The summed E-state index contributed by atoms with van der Waals surface area (Å²) in [5.74, 6) is -3.72. The SMILES string of the molecule is Fc1cc(-c2ocnc2CNC2CC2)cc(F)c1F. The van der Waals surface area contributed by atoms with Gasteiger partial charge in [0.15, 0.2) is 29.6 Å². The second kappa shape index (κ2) is 4.70. The molecule has 1 heterocycles. The Morgan fingerprint density at radius 1 is 1.21 bits per heavy atom. The Morgan fingerprint density at radius 3 is 2.53 bits per heavy atom. The highest BCUT2D eigenvalue weighted by Gasteiger charge is 2.22. The predicted octanol–water partition coefficient (Wildman–Crippen LogP) is 3.01. The van der Waals surface area contributed by atoms with Crippen molar-refractivity contribution >= 4 is 0 Å². The molecule has 0 radical (unpaired) electrons. The van der Waals surface area contributed by atoms with Crippen LogP contribution in [0.5, 0.6) is 0 Å². The van der Waals surface area contributed by atoms with Crippen LogP contribution in [0.25, 0.3) is 11.3 Å². The van der Waals surface area contributed by atoms with E-state index >= 15 is 0 Å². The highest BCUT2D eigenvalue weighted by molar-refractivity contribution is 5.59. The summed E-state index contributed by atoms with van der Waals surface area (Å²) in [4.78, 5) is 4.01. The van der Waals surface area contributed by atoms with Gasteiger partial charge in [0, 0.05) is 18.2 Å². The number of benzene rings is 1. The van der Waals surface area contributed by atoms with Gasteiger partial charge in [-0.3, -0.25) is 0 Å². The van der Waals surface area contributed by atoms with Gasteiger partial charge in [-0.1, -0.05) is 0 Å². The lowest BCUT2D eigenvalue weighted by molar-refractivity contribution is 0.447. The molecule has 6 heteroatoms. The molecule has 0 saturated heterocycles. The smallest absolute Gasteiger partial charge is 0.194 e. The van der Waals surface area contributed by atoms with Crippen molar-refractivity contribution in [3.05, 3.63) is 41.7 Å². The van der Waals surface area contributed by atoms with Crippen molar-refractivity contribution in [1.29, 1.82) is 0 Å². The number of nitrogens with zero attached hydrogens (tertiary/aromatic N) is 1. The van der Waals surface area contributed by atoms with E-state index in [1.54, 1.807) is 0 Å². The van der Waals surface area contributed by atoms with E-state index in [9.17, 15) is 13.2 Å². The first-order valence-electron chi connectivity index (χ1n) is 5.96. The van der Waals surface area contributed by atoms with Gasteiger partial charge in [-0.25, -0.2) is 18.2 Å². The van der Waals surface area contributed by atoms with Gasteiger partial charge in [0.2, 0.25) is 0 Å². The molecular weight excluding hydrogens is 257 g/mol. The molecular formula is C13H11F3N2O. The normalized spacial score (nSPS) is 14.9. The summed E-state index contributed by atoms with van der Waals surface area (Å²) in [7, 11) is 0. The van der Waals surface area contributed by atoms with Gasteiger partial charge in [-0.2, -0.15) is 0 Å². The minimum Gasteiger partial charge on any atom is -0.443 e. The van der Waals surface area contributed by atoms with Gasteiger partial charge in [0.05, 0.1) is 0 Å². The summed E-state index contributed by atoms with van der Waals surface area (Å²) in [6.07, 6.45) is 3.44. The summed E-state index contributed by atoms with van der Waals surface area (Å²) in [5.41, 5.74) is 0.693. The van der Waals surface area contributed by atoms with Crippen LogP contribution in [0.2, 0.25) is 0 Å². The zero-order valence-corrected chi connectivity index (χ0v) is 9.92. The molecule has 1 saturated carbocycles. The molecule has 0 unspecified atom stereocenters. The molecule has 0 bridgehead atoms. The van der Waals surface area contributed by atoms with Crippen molar-refractivity contribution in [1.82, 2.24) is 10.3 Å². The Morgan fingerprint density at radius 2 is 1.89 bits per heavy atom. The molecule has 3 nitrogen and oxygen atoms in total. The summed E-state index contributed by atoms with van der Waals surface area (Å²) in [6.45, 7) is 0.455. The molecule has 1 aromatic carbocycles. The van der Waals surface area contributed by atoms with E-state index in [-0.39, 0.29) is 11.3 Å². The fourth-order valence-electron chi connectivity index (χ4n) is 1.84. The molecule has 0 spiro atoms. The van der Waals surface area contributed by atoms with E-state index in [1.807, 2.05) is 0 Å². The van der Waals surface area contributed by atoms with Crippen molar-refractivity contribution in [2.24, 2.45) is 0 Å². The number of oxazole rings is 1. The summed E-state index contributed by atoms with van der Waals surface area (Å²) < 4.78 is 44.4. The number of hydrogen-bond acceptors (Lipinski definition) is 3. The minimum absolute atomic E-state index is 0.140. The zero-order chi connectivity index (χ0) is 13.4. The van der Waals surface area contributed by atoms with Gasteiger partial charge in [-0.05, 0) is 25.0 Å². The number of hydrogen-bond donors (Lipinski definition) is 1. The van der Waals surface area contributed by atoms with E-state index in [2.05, 4.69) is 10.3 Å². The second-order valence-corrected chi connectivity index (χ2v) is 4.54. The third-order valence-corrected chi connectivity index (χ3v) is 3.02. The third kappa shape index (κ3) is 2.49. The lowest BCUT2D eigenvalue weighted by Crippen LogP contribution is -2.16. The average molecular weight is 268 g/mol. The van der Waals surface area contributed by atoms with Gasteiger partial charge in [0.1, 0.15) is 5.69 Å². The van der Waals surface area contributed by atoms with Crippen molar-refractivity contribution in [3.63, 3.8) is 0 Å². The van der Waals surface area contributed by atoms with Crippen LogP contribution in [-0.2, 0) is 6.54 Å². The molecule has 0 aliphatic heterocycles. The molecule has 1 aliphatic rings. The number of aromatic nitrogens is 1. The molecule has 1 aliphatic carbocycles.